The highest BCUT2D eigenvalue weighted by atomic mass is 19.3. The summed E-state index contributed by atoms with van der Waals surface area (Å²) in [6, 6.07) is 15.0. The van der Waals surface area contributed by atoms with E-state index in [1.54, 1.807) is 64.5 Å². The molecule has 0 atom stereocenters. The molecule has 10 nitrogen and oxygen atoms in total. The topological polar surface area (TPSA) is 119 Å². The number of carbonyl (C=O) groups excluding carboxylic acids is 2. The quantitative estimate of drug-likeness (QED) is 0.400. The van der Waals surface area contributed by atoms with E-state index in [4.69, 9.17) is 5.73 Å². The van der Waals surface area contributed by atoms with Crippen molar-refractivity contribution in [3.63, 3.8) is 0 Å². The minimum Gasteiger partial charge on any atom is -0.366 e. The van der Waals surface area contributed by atoms with E-state index in [-0.39, 0.29) is 10.7 Å². The number of amides is 3. The molecule has 12 heteroatoms. The van der Waals surface area contributed by atoms with Gasteiger partial charge in [0.1, 0.15) is 12.1 Å². The molecule has 3 amide bonds. The molecular weight excluding hydrogens is 496 g/mol. The SMILES string of the molecule is CCc1c(-c2ccc(-n3cnn(C(F)F)c3=O)cc2)ccnc1N1CCN(c2cccc(C(N)=O)c2)C1=O. The number of benzene rings is 2. The smallest absolute Gasteiger partial charge is 0.355 e. The lowest BCUT2D eigenvalue weighted by Gasteiger charge is -2.22. The number of alkyl halides is 2. The molecule has 0 bridgehead atoms. The van der Waals surface area contributed by atoms with Crippen LogP contribution in [-0.4, -0.2) is 44.4 Å². The molecule has 0 radical (unpaired) electrons. The van der Waals surface area contributed by atoms with Gasteiger partial charge in [0.2, 0.25) is 5.91 Å². The van der Waals surface area contributed by atoms with E-state index in [2.05, 4.69) is 10.1 Å². The highest BCUT2D eigenvalue weighted by molar-refractivity contribution is 6.07. The van der Waals surface area contributed by atoms with Crippen LogP contribution in [0, 0.1) is 0 Å². The Morgan fingerprint density at radius 1 is 1.03 bits per heavy atom. The zero-order valence-electron chi connectivity index (χ0n) is 20.3. The van der Waals surface area contributed by atoms with Crippen LogP contribution in [0.25, 0.3) is 16.8 Å². The van der Waals surface area contributed by atoms with Crippen LogP contribution in [0.15, 0.2) is 71.9 Å². The molecule has 0 unspecified atom stereocenters. The number of aromatic nitrogens is 4. The molecule has 38 heavy (non-hydrogen) atoms. The molecular formula is C26H23F2N7O3. The van der Waals surface area contributed by atoms with Gasteiger partial charge in [-0.3, -0.25) is 14.6 Å². The van der Waals surface area contributed by atoms with Gasteiger partial charge in [0.05, 0.1) is 5.69 Å². The third-order valence-electron chi connectivity index (χ3n) is 6.43. The lowest BCUT2D eigenvalue weighted by Crippen LogP contribution is -2.33. The van der Waals surface area contributed by atoms with Crippen LogP contribution in [0.4, 0.5) is 25.1 Å². The Labute approximate surface area is 215 Å². The Morgan fingerprint density at radius 2 is 1.76 bits per heavy atom. The summed E-state index contributed by atoms with van der Waals surface area (Å²) in [6.07, 6.45) is 3.26. The summed E-state index contributed by atoms with van der Waals surface area (Å²) >= 11 is 0. The van der Waals surface area contributed by atoms with Crippen molar-refractivity contribution in [1.82, 2.24) is 19.3 Å². The number of urea groups is 1. The molecule has 0 aliphatic carbocycles. The third-order valence-corrected chi connectivity index (χ3v) is 6.43. The van der Waals surface area contributed by atoms with Crippen LogP contribution >= 0.6 is 0 Å². The Balaban J connectivity index is 1.45. The summed E-state index contributed by atoms with van der Waals surface area (Å²) in [7, 11) is 0. The van der Waals surface area contributed by atoms with E-state index in [9.17, 15) is 23.2 Å². The minimum absolute atomic E-state index is 0.110. The van der Waals surface area contributed by atoms with Gasteiger partial charge in [-0.2, -0.15) is 13.9 Å². The number of rotatable bonds is 7. The summed E-state index contributed by atoms with van der Waals surface area (Å²) < 4.78 is 27.0. The van der Waals surface area contributed by atoms with Gasteiger partial charge < -0.3 is 5.73 Å². The maximum absolute atomic E-state index is 13.4. The van der Waals surface area contributed by atoms with Gasteiger partial charge in [-0.25, -0.2) is 19.1 Å². The number of pyridine rings is 1. The summed E-state index contributed by atoms with van der Waals surface area (Å²) in [6.45, 7) is -0.252. The van der Waals surface area contributed by atoms with E-state index in [1.807, 2.05) is 13.0 Å². The van der Waals surface area contributed by atoms with Gasteiger partial charge in [0, 0.05) is 36.1 Å². The predicted molar refractivity (Wildman–Crippen MR) is 137 cm³/mol. The van der Waals surface area contributed by atoms with Crippen LogP contribution < -0.4 is 21.2 Å². The zero-order valence-corrected chi connectivity index (χ0v) is 20.3. The molecule has 1 aliphatic rings. The number of carbonyl (C=O) groups is 2. The summed E-state index contributed by atoms with van der Waals surface area (Å²) in [5.74, 6) is -0.0428. The Kier molecular flexibility index (Phi) is 6.45. The molecule has 1 aliphatic heterocycles. The first-order valence-electron chi connectivity index (χ1n) is 11.8. The standard InChI is InChI=1S/C26H23F2N7O3/c1-2-20-21(16-6-8-18(9-7-16)34-15-31-35(24(27)28)26(34)38)10-11-30-23(20)33-13-12-32(25(33)37)19-5-3-4-17(14-19)22(29)36/h3-11,14-15,24H,2,12-13H2,1H3,(H2,29,36). The first kappa shape index (κ1) is 24.8. The lowest BCUT2D eigenvalue weighted by atomic mass is 9.98. The fourth-order valence-corrected chi connectivity index (χ4v) is 4.56. The van der Waals surface area contributed by atoms with Gasteiger partial charge in [-0.15, -0.1) is 4.68 Å². The van der Waals surface area contributed by atoms with E-state index < -0.39 is 18.1 Å². The summed E-state index contributed by atoms with van der Waals surface area (Å²) in [5, 5.41) is 3.45. The van der Waals surface area contributed by atoms with Crippen molar-refractivity contribution in [2.45, 2.75) is 19.9 Å². The largest absolute Gasteiger partial charge is 0.366 e. The van der Waals surface area contributed by atoms with Crippen LogP contribution in [0.1, 0.15) is 29.4 Å². The number of primary amides is 1. The van der Waals surface area contributed by atoms with E-state index in [1.165, 1.54) is 0 Å². The normalized spacial score (nSPS) is 13.5. The van der Waals surface area contributed by atoms with Crippen molar-refractivity contribution in [3.05, 3.63) is 88.7 Å². The van der Waals surface area contributed by atoms with Gasteiger partial charge in [-0.1, -0.05) is 25.1 Å². The van der Waals surface area contributed by atoms with Crippen molar-refractivity contribution >= 4 is 23.4 Å². The van der Waals surface area contributed by atoms with Crippen LogP contribution in [0.2, 0.25) is 0 Å². The monoisotopic (exact) mass is 519 g/mol. The molecule has 1 saturated heterocycles. The molecule has 194 valence electrons. The Bertz CT molecular complexity index is 1580. The Hall–Kier alpha value is -4.87. The molecule has 2 aromatic heterocycles. The fraction of sp³-hybridized carbons (Fsp3) is 0.192. The Morgan fingerprint density at radius 3 is 2.42 bits per heavy atom. The number of hydrogen-bond acceptors (Lipinski definition) is 5. The maximum Gasteiger partial charge on any atom is 0.355 e. The second-order valence-electron chi connectivity index (χ2n) is 8.57. The van der Waals surface area contributed by atoms with Crippen molar-refractivity contribution in [2.24, 2.45) is 5.73 Å². The molecule has 2 aromatic carbocycles. The molecule has 5 rings (SSSR count). The van der Waals surface area contributed by atoms with Crippen molar-refractivity contribution in [3.8, 4) is 16.8 Å². The van der Waals surface area contributed by atoms with Crippen molar-refractivity contribution in [2.75, 3.05) is 22.9 Å². The van der Waals surface area contributed by atoms with Crippen LogP contribution in [0.5, 0.6) is 0 Å². The molecule has 4 aromatic rings. The second-order valence-corrected chi connectivity index (χ2v) is 8.57. The van der Waals surface area contributed by atoms with E-state index in [0.717, 1.165) is 27.6 Å². The van der Waals surface area contributed by atoms with Gasteiger partial charge in [0.15, 0.2) is 0 Å². The first-order valence-corrected chi connectivity index (χ1v) is 11.8. The number of nitrogens with two attached hydrogens (primary N) is 1. The first-order chi connectivity index (χ1) is 18.3. The molecule has 3 heterocycles. The molecule has 0 saturated carbocycles. The molecule has 2 N–H and O–H groups in total. The van der Waals surface area contributed by atoms with Crippen molar-refractivity contribution in [1.29, 1.82) is 0 Å². The lowest BCUT2D eigenvalue weighted by molar-refractivity contribution is 0.0523. The van der Waals surface area contributed by atoms with Gasteiger partial charge in [-0.05, 0) is 53.9 Å². The summed E-state index contributed by atoms with van der Waals surface area (Å²) in [5.41, 5.74) is 8.24. The highest BCUT2D eigenvalue weighted by Gasteiger charge is 2.33. The number of anilines is 2. The zero-order chi connectivity index (χ0) is 27.0. The number of nitrogens with zero attached hydrogens (tertiary/aromatic N) is 6. The van der Waals surface area contributed by atoms with Crippen LogP contribution in [0.3, 0.4) is 0 Å². The van der Waals surface area contributed by atoms with Gasteiger partial charge >= 0.3 is 18.3 Å². The molecule has 1 fully saturated rings. The fourth-order valence-electron chi connectivity index (χ4n) is 4.56. The number of halogens is 2. The van der Waals surface area contributed by atoms with Crippen molar-refractivity contribution < 1.29 is 18.4 Å². The summed E-state index contributed by atoms with van der Waals surface area (Å²) in [4.78, 5) is 44.8. The average molecular weight is 520 g/mol. The predicted octanol–water partition coefficient (Wildman–Crippen LogP) is 3.60. The highest BCUT2D eigenvalue weighted by Crippen LogP contribution is 2.33. The van der Waals surface area contributed by atoms with E-state index in [0.29, 0.717) is 42.3 Å². The van der Waals surface area contributed by atoms with E-state index >= 15 is 0 Å². The maximum atomic E-state index is 13.4. The molecule has 0 spiro atoms. The average Bonchev–Trinajstić information content (AvgIpc) is 3.50. The van der Waals surface area contributed by atoms with Crippen LogP contribution in [-0.2, 0) is 6.42 Å². The minimum atomic E-state index is -3.03. The number of hydrogen-bond donors (Lipinski definition) is 1. The third kappa shape index (κ3) is 4.29. The van der Waals surface area contributed by atoms with Gasteiger partial charge in [0.25, 0.3) is 0 Å². The second kappa shape index (κ2) is 9.88.